The van der Waals surface area contributed by atoms with Crippen molar-refractivity contribution in [1.82, 2.24) is 4.98 Å². The Labute approximate surface area is 150 Å². The van der Waals surface area contributed by atoms with E-state index in [-0.39, 0.29) is 16.6 Å². The number of nitrogens with zero attached hydrogens (tertiary/aromatic N) is 1. The van der Waals surface area contributed by atoms with Crippen LogP contribution in [0, 0.1) is 0 Å². The zero-order chi connectivity index (χ0) is 18.0. The van der Waals surface area contributed by atoms with Crippen LogP contribution in [-0.4, -0.2) is 10.9 Å². The van der Waals surface area contributed by atoms with E-state index < -0.39 is 17.6 Å². The highest BCUT2D eigenvalue weighted by atomic mass is 79.9. The normalized spacial score (nSPS) is 11.5. The molecule has 0 atom stereocenters. The van der Waals surface area contributed by atoms with Crippen molar-refractivity contribution < 1.29 is 18.0 Å². The van der Waals surface area contributed by atoms with Gasteiger partial charge in [0.25, 0.3) is 0 Å². The first kappa shape index (κ1) is 17.4. The molecule has 2 aromatic carbocycles. The molecule has 0 aliphatic rings. The molecule has 0 bridgehead atoms. The summed E-state index contributed by atoms with van der Waals surface area (Å²) in [6, 6.07) is 12.7. The first-order chi connectivity index (χ1) is 11.8. The average Bonchev–Trinajstić information content (AvgIpc) is 2.56. The Balaban J connectivity index is 1.81. The summed E-state index contributed by atoms with van der Waals surface area (Å²) in [4.78, 5) is 16.5. The molecule has 1 amide bonds. The molecule has 0 saturated heterocycles. The van der Waals surface area contributed by atoms with Gasteiger partial charge in [-0.05, 0) is 29.8 Å². The number of anilines is 1. The van der Waals surface area contributed by atoms with Crippen molar-refractivity contribution in [3.63, 3.8) is 0 Å². The molecule has 0 unspecified atom stereocenters. The van der Waals surface area contributed by atoms with Gasteiger partial charge in [-0.25, -0.2) is 0 Å². The lowest BCUT2D eigenvalue weighted by molar-refractivity contribution is -0.138. The molecule has 1 aromatic heterocycles. The lowest BCUT2D eigenvalue weighted by Gasteiger charge is -2.12. The van der Waals surface area contributed by atoms with E-state index in [2.05, 4.69) is 26.2 Å². The van der Waals surface area contributed by atoms with Crippen LogP contribution in [0.3, 0.4) is 0 Å². The van der Waals surface area contributed by atoms with Gasteiger partial charge < -0.3 is 5.32 Å². The van der Waals surface area contributed by atoms with E-state index in [0.29, 0.717) is 11.1 Å². The Morgan fingerprint density at radius 2 is 1.88 bits per heavy atom. The van der Waals surface area contributed by atoms with Gasteiger partial charge in [0, 0.05) is 21.7 Å². The van der Waals surface area contributed by atoms with Gasteiger partial charge in [-0.15, -0.1) is 0 Å². The van der Waals surface area contributed by atoms with Crippen molar-refractivity contribution in [1.29, 1.82) is 0 Å². The minimum atomic E-state index is -4.50. The van der Waals surface area contributed by atoms with Crippen molar-refractivity contribution >= 4 is 38.4 Å². The van der Waals surface area contributed by atoms with Crippen LogP contribution < -0.4 is 5.32 Å². The summed E-state index contributed by atoms with van der Waals surface area (Å²) < 4.78 is 38.7. The van der Waals surface area contributed by atoms with Gasteiger partial charge in [0.2, 0.25) is 5.91 Å². The number of hydrogen-bond donors (Lipinski definition) is 1. The van der Waals surface area contributed by atoms with Crippen LogP contribution in [0.5, 0.6) is 0 Å². The van der Waals surface area contributed by atoms with Crippen LogP contribution in [-0.2, 0) is 17.4 Å². The largest absolute Gasteiger partial charge is 0.417 e. The van der Waals surface area contributed by atoms with Crippen LogP contribution in [0.25, 0.3) is 10.9 Å². The number of para-hydroxylation sites is 1. The van der Waals surface area contributed by atoms with Crippen LogP contribution in [0.2, 0.25) is 0 Å². The molecular formula is C18H12BrF3N2O. The van der Waals surface area contributed by atoms with Crippen molar-refractivity contribution in [2.75, 3.05) is 5.32 Å². The van der Waals surface area contributed by atoms with Crippen molar-refractivity contribution in [2.24, 2.45) is 0 Å². The van der Waals surface area contributed by atoms with Crippen molar-refractivity contribution in [2.45, 2.75) is 12.6 Å². The van der Waals surface area contributed by atoms with Crippen LogP contribution >= 0.6 is 15.9 Å². The number of aromatic nitrogens is 1. The molecule has 7 heteroatoms. The number of carbonyl (C=O) groups excluding carboxylic acids is 1. The Kier molecular flexibility index (Phi) is 4.76. The summed E-state index contributed by atoms with van der Waals surface area (Å²) in [7, 11) is 0. The van der Waals surface area contributed by atoms with E-state index in [1.165, 1.54) is 12.1 Å². The first-order valence-electron chi connectivity index (χ1n) is 7.34. The molecule has 25 heavy (non-hydrogen) atoms. The third kappa shape index (κ3) is 3.99. The van der Waals surface area contributed by atoms with Gasteiger partial charge in [-0.3, -0.25) is 9.78 Å². The highest BCUT2D eigenvalue weighted by molar-refractivity contribution is 9.10. The molecule has 3 rings (SSSR count). The number of pyridine rings is 1. The van der Waals surface area contributed by atoms with Crippen molar-refractivity contribution in [3.8, 4) is 0 Å². The quantitative estimate of drug-likeness (QED) is 0.647. The number of halogens is 4. The fourth-order valence-corrected chi connectivity index (χ4v) is 2.98. The minimum Gasteiger partial charge on any atom is -0.326 e. The van der Waals surface area contributed by atoms with Crippen molar-refractivity contribution in [3.05, 3.63) is 70.3 Å². The lowest BCUT2D eigenvalue weighted by Crippen LogP contribution is -2.16. The highest BCUT2D eigenvalue weighted by Gasteiger charge is 2.33. The predicted octanol–water partition coefficient (Wildman–Crippen LogP) is 5.20. The molecular weight excluding hydrogens is 397 g/mol. The van der Waals surface area contributed by atoms with Gasteiger partial charge in [0.1, 0.15) is 0 Å². The van der Waals surface area contributed by atoms with E-state index in [1.807, 2.05) is 18.2 Å². The number of fused-ring (bicyclic) bond motifs is 1. The number of benzene rings is 2. The first-order valence-corrected chi connectivity index (χ1v) is 8.13. The molecule has 1 N–H and O–H groups in total. The zero-order valence-electron chi connectivity index (χ0n) is 12.8. The Morgan fingerprint density at radius 1 is 1.12 bits per heavy atom. The standard InChI is InChI=1S/C18H12BrF3N2O/c19-15-7-6-13(10-14(15)18(20,21)22)24-16(25)9-12-4-1-3-11-5-2-8-23-17(11)12/h1-8,10H,9H2,(H,24,25). The minimum absolute atomic E-state index is 0.0196. The summed E-state index contributed by atoms with van der Waals surface area (Å²) in [6.07, 6.45) is -2.85. The molecule has 0 spiro atoms. The number of amides is 1. The average molecular weight is 409 g/mol. The summed E-state index contributed by atoms with van der Waals surface area (Å²) >= 11 is 2.87. The van der Waals surface area contributed by atoms with E-state index in [0.717, 1.165) is 11.5 Å². The number of alkyl halides is 3. The molecule has 0 saturated carbocycles. The molecule has 1 heterocycles. The second-order valence-corrected chi connectivity index (χ2v) is 6.26. The molecule has 3 nitrogen and oxygen atoms in total. The smallest absolute Gasteiger partial charge is 0.326 e. The summed E-state index contributed by atoms with van der Waals surface area (Å²) in [5, 5.41) is 3.41. The number of hydrogen-bond acceptors (Lipinski definition) is 2. The molecule has 128 valence electrons. The highest BCUT2D eigenvalue weighted by Crippen LogP contribution is 2.36. The molecule has 0 fully saturated rings. The van der Waals surface area contributed by atoms with E-state index in [1.54, 1.807) is 18.3 Å². The van der Waals surface area contributed by atoms with E-state index in [4.69, 9.17) is 0 Å². The van der Waals surface area contributed by atoms with Crippen LogP contribution in [0.1, 0.15) is 11.1 Å². The monoisotopic (exact) mass is 408 g/mol. The van der Waals surface area contributed by atoms with Gasteiger partial charge >= 0.3 is 6.18 Å². The maximum Gasteiger partial charge on any atom is 0.417 e. The molecule has 3 aromatic rings. The Bertz CT molecular complexity index is 936. The third-order valence-corrected chi connectivity index (χ3v) is 4.31. The summed E-state index contributed by atoms with van der Waals surface area (Å²) in [5.74, 6) is -0.409. The second-order valence-electron chi connectivity index (χ2n) is 5.41. The van der Waals surface area contributed by atoms with Gasteiger partial charge in [0.15, 0.2) is 0 Å². The fourth-order valence-electron chi connectivity index (χ4n) is 2.51. The van der Waals surface area contributed by atoms with Crippen LogP contribution in [0.4, 0.5) is 18.9 Å². The van der Waals surface area contributed by atoms with Gasteiger partial charge in [0.05, 0.1) is 17.5 Å². The SMILES string of the molecule is O=C(Cc1cccc2cccnc12)Nc1ccc(Br)c(C(F)(F)F)c1. The predicted molar refractivity (Wildman–Crippen MR) is 93.2 cm³/mol. The lowest BCUT2D eigenvalue weighted by atomic mass is 10.1. The van der Waals surface area contributed by atoms with Gasteiger partial charge in [-0.1, -0.05) is 40.2 Å². The maximum atomic E-state index is 12.9. The molecule has 0 aliphatic heterocycles. The number of rotatable bonds is 3. The van der Waals surface area contributed by atoms with Gasteiger partial charge in [-0.2, -0.15) is 13.2 Å². The molecule has 0 radical (unpaired) electrons. The van der Waals surface area contributed by atoms with Crippen LogP contribution in [0.15, 0.2) is 59.2 Å². The van der Waals surface area contributed by atoms with E-state index in [9.17, 15) is 18.0 Å². The number of carbonyl (C=O) groups is 1. The topological polar surface area (TPSA) is 42.0 Å². The Hall–Kier alpha value is -2.41. The summed E-state index contributed by atoms with van der Waals surface area (Å²) in [5.41, 5.74) is 0.668. The fraction of sp³-hybridized carbons (Fsp3) is 0.111. The van der Waals surface area contributed by atoms with E-state index >= 15 is 0 Å². The number of nitrogens with one attached hydrogen (secondary N) is 1. The Morgan fingerprint density at radius 3 is 2.64 bits per heavy atom. The third-order valence-electron chi connectivity index (χ3n) is 3.62. The second kappa shape index (κ2) is 6.84. The molecule has 0 aliphatic carbocycles. The zero-order valence-corrected chi connectivity index (χ0v) is 14.4. The summed E-state index contributed by atoms with van der Waals surface area (Å²) in [6.45, 7) is 0. The maximum absolute atomic E-state index is 12.9.